The SMILES string of the molecule is C.C.CN1C(=O)C(Cc2ccccc2-c2cccc(Cl)c2)N=C(c2ccc3[nH]c(=O)[nH]c3c2)c2cc(Cl)ccc21.CN1C(=O)C(Cc2ccccc2-c2ccccc2)N=C(c2ccc3[nH]c(=O)[nH]c3c2)c2cc(Cl)ccc21. The van der Waals surface area contributed by atoms with E-state index in [0.29, 0.717) is 67.1 Å². The van der Waals surface area contributed by atoms with Crippen molar-refractivity contribution >= 4 is 91.5 Å². The van der Waals surface area contributed by atoms with Crippen molar-refractivity contribution in [1.29, 1.82) is 0 Å². The van der Waals surface area contributed by atoms with Crippen molar-refractivity contribution in [2.24, 2.45) is 9.98 Å². The van der Waals surface area contributed by atoms with Gasteiger partial charge in [0.05, 0.1) is 44.9 Å². The second-order valence-electron chi connectivity index (χ2n) is 18.4. The number of benzene rings is 8. The predicted molar refractivity (Wildman–Crippen MR) is 316 cm³/mol. The number of aromatic amines is 4. The number of halogens is 3. The van der Waals surface area contributed by atoms with E-state index in [2.05, 4.69) is 44.2 Å². The number of rotatable bonds is 8. The molecule has 2 unspecified atom stereocenters. The van der Waals surface area contributed by atoms with Crippen LogP contribution in [0.2, 0.25) is 15.1 Å². The smallest absolute Gasteiger partial charge is 0.313 e. The fourth-order valence-corrected chi connectivity index (χ4v) is 10.5. The summed E-state index contributed by atoms with van der Waals surface area (Å²) in [6, 6.07) is 54.7. The number of H-pyrrole nitrogens is 4. The maximum absolute atomic E-state index is 13.8. The van der Waals surface area contributed by atoms with Crippen LogP contribution in [0.3, 0.4) is 0 Å². The van der Waals surface area contributed by atoms with Crippen LogP contribution in [-0.4, -0.2) is 69.4 Å². The van der Waals surface area contributed by atoms with E-state index in [4.69, 9.17) is 44.8 Å². The van der Waals surface area contributed by atoms with E-state index in [9.17, 15) is 19.2 Å². The third-order valence-corrected chi connectivity index (χ3v) is 14.3. The first-order valence-electron chi connectivity index (χ1n) is 24.1. The summed E-state index contributed by atoms with van der Waals surface area (Å²) < 4.78 is 0. The van der Waals surface area contributed by atoms with Gasteiger partial charge in [-0.15, -0.1) is 0 Å². The zero-order chi connectivity index (χ0) is 51.9. The standard InChI is InChI=1S/C30H22Cl2N4O2.C30H23ClN4O2.2CH4/c1-36-27-12-10-21(32)16-23(27)28(19-9-11-24-25(15-19)35-30(38)34-24)33-26(29(36)37)14-18-5-2-3-8-22(18)17-6-4-7-20(31)13-17;1-35-27-14-12-21(31)17-23(27)28(20-11-13-24-25(16-20)34-30(37)33-24)32-26(29(35)36)15-19-9-5-6-10-22(19)18-7-3-2-4-8-18;;/h2-13,15-16,26H,14H2,1H3,(H2,34,35,38);2-14,16-17,26H,15H2,1H3,(H2,33,34,37);2*1H4. The van der Waals surface area contributed by atoms with E-state index < -0.39 is 12.1 Å². The first-order valence-corrected chi connectivity index (χ1v) is 25.2. The molecule has 2 amide bonds. The lowest BCUT2D eigenvalue weighted by atomic mass is 9.94. The number of anilines is 2. The summed E-state index contributed by atoms with van der Waals surface area (Å²) in [6.45, 7) is 0. The van der Waals surface area contributed by atoms with E-state index in [-0.39, 0.29) is 38.0 Å². The van der Waals surface area contributed by atoms with Gasteiger partial charge in [-0.05, 0) is 106 Å². The van der Waals surface area contributed by atoms with Crippen LogP contribution in [0.15, 0.2) is 195 Å². The third kappa shape index (κ3) is 10.8. The summed E-state index contributed by atoms with van der Waals surface area (Å²) in [4.78, 5) is 75.9. The molecule has 10 aromatic rings. The predicted octanol–water partition coefficient (Wildman–Crippen LogP) is 13.1. The van der Waals surface area contributed by atoms with Gasteiger partial charge in [-0.25, -0.2) is 9.59 Å². The molecule has 386 valence electrons. The molecule has 12 nitrogen and oxygen atoms in total. The number of aromatic nitrogens is 4. The minimum atomic E-state index is -0.692. The van der Waals surface area contributed by atoms with Gasteiger partial charge in [0.25, 0.3) is 11.8 Å². The summed E-state index contributed by atoms with van der Waals surface area (Å²) in [5.41, 5.74) is 14.1. The van der Waals surface area contributed by atoms with Crippen molar-refractivity contribution in [2.45, 2.75) is 39.8 Å². The van der Waals surface area contributed by atoms with Crippen LogP contribution >= 0.6 is 34.8 Å². The van der Waals surface area contributed by atoms with Gasteiger partial charge in [0.2, 0.25) is 0 Å². The van der Waals surface area contributed by atoms with Crippen LogP contribution in [-0.2, 0) is 22.4 Å². The maximum atomic E-state index is 13.8. The minimum Gasteiger partial charge on any atom is -0.313 e. The Morgan fingerprint density at radius 1 is 0.403 bits per heavy atom. The van der Waals surface area contributed by atoms with Crippen LogP contribution in [0, 0.1) is 0 Å². The number of carbonyl (C=O) groups is 2. The number of hydrogen-bond acceptors (Lipinski definition) is 6. The van der Waals surface area contributed by atoms with E-state index in [1.807, 2.05) is 140 Å². The number of fused-ring (bicyclic) bond motifs is 4. The van der Waals surface area contributed by atoms with Crippen LogP contribution in [0.4, 0.5) is 11.4 Å². The Balaban J connectivity index is 0.000000183. The van der Waals surface area contributed by atoms with Gasteiger partial charge in [-0.3, -0.25) is 19.6 Å². The molecule has 0 bridgehead atoms. The maximum Gasteiger partial charge on any atom is 0.323 e. The number of imidazole rings is 2. The Kier molecular flexibility index (Phi) is 15.5. The first-order chi connectivity index (χ1) is 36.3. The van der Waals surface area contributed by atoms with Gasteiger partial charge in [0.15, 0.2) is 0 Å². The molecule has 0 saturated carbocycles. The Morgan fingerprint density at radius 2 is 0.818 bits per heavy atom. The van der Waals surface area contributed by atoms with Crippen LogP contribution in [0.5, 0.6) is 0 Å². The Morgan fingerprint density at radius 3 is 1.30 bits per heavy atom. The van der Waals surface area contributed by atoms with E-state index in [0.717, 1.165) is 61.3 Å². The van der Waals surface area contributed by atoms with Crippen molar-refractivity contribution in [2.75, 3.05) is 23.9 Å². The third-order valence-electron chi connectivity index (χ3n) is 13.6. The number of nitrogens with one attached hydrogen (secondary N) is 4. The number of aliphatic imine (C=N–C) groups is 2. The number of hydrogen-bond donors (Lipinski definition) is 4. The van der Waals surface area contributed by atoms with E-state index in [1.165, 1.54) is 0 Å². The molecule has 77 heavy (non-hydrogen) atoms. The van der Waals surface area contributed by atoms with Gasteiger partial charge in [-0.1, -0.05) is 153 Å². The quantitative estimate of drug-likeness (QED) is 0.119. The Hall–Kier alpha value is -8.55. The van der Waals surface area contributed by atoms with Crippen LogP contribution in [0.25, 0.3) is 44.3 Å². The van der Waals surface area contributed by atoms with Crippen molar-refractivity contribution in [3.63, 3.8) is 0 Å². The fourth-order valence-electron chi connectivity index (χ4n) is 9.96. The molecular formula is C62H53Cl3N8O4. The van der Waals surface area contributed by atoms with E-state index in [1.54, 1.807) is 36.0 Å². The molecule has 0 spiro atoms. The summed E-state index contributed by atoms with van der Waals surface area (Å²) in [5.74, 6) is -0.224. The molecule has 0 fully saturated rings. The van der Waals surface area contributed by atoms with Gasteiger partial charge in [0, 0.05) is 64.3 Å². The molecule has 2 aliphatic rings. The highest BCUT2D eigenvalue weighted by atomic mass is 35.5. The van der Waals surface area contributed by atoms with Gasteiger partial charge in [-0.2, -0.15) is 0 Å². The molecule has 2 aliphatic heterocycles. The zero-order valence-electron chi connectivity index (χ0n) is 40.4. The van der Waals surface area contributed by atoms with E-state index >= 15 is 0 Å². The first kappa shape index (κ1) is 53.3. The number of nitrogens with zero attached hydrogens (tertiary/aromatic N) is 4. The molecule has 8 aromatic carbocycles. The van der Waals surface area contributed by atoms with Crippen molar-refractivity contribution < 1.29 is 9.59 Å². The average molecular weight is 1080 g/mol. The number of likely N-dealkylation sites (N-methyl/N-ethyl adjacent to an activating group) is 2. The highest BCUT2D eigenvalue weighted by molar-refractivity contribution is 6.33. The van der Waals surface area contributed by atoms with Gasteiger partial charge in [0.1, 0.15) is 12.1 Å². The van der Waals surface area contributed by atoms with Crippen LogP contribution < -0.4 is 21.2 Å². The Bertz CT molecular complexity index is 4060. The fraction of sp³-hybridized carbons (Fsp3) is 0.129. The molecule has 4 heterocycles. The molecule has 2 aromatic heterocycles. The Labute approximate surface area is 459 Å². The molecule has 0 aliphatic carbocycles. The zero-order valence-corrected chi connectivity index (χ0v) is 42.6. The molecule has 2 atom stereocenters. The topological polar surface area (TPSA) is 163 Å². The van der Waals surface area contributed by atoms with Gasteiger partial charge >= 0.3 is 11.4 Å². The molecule has 15 heteroatoms. The molecule has 0 radical (unpaired) electrons. The summed E-state index contributed by atoms with van der Waals surface area (Å²) >= 11 is 19.1. The second kappa shape index (κ2) is 22.3. The summed E-state index contributed by atoms with van der Waals surface area (Å²) in [7, 11) is 3.53. The second-order valence-corrected chi connectivity index (χ2v) is 19.7. The lowest BCUT2D eigenvalue weighted by Gasteiger charge is -2.21. The average Bonchev–Trinajstić information content (AvgIpc) is 3.98. The minimum absolute atomic E-state index is 0. The van der Waals surface area contributed by atoms with Gasteiger partial charge < -0.3 is 29.7 Å². The highest BCUT2D eigenvalue weighted by Gasteiger charge is 2.33. The monoisotopic (exact) mass is 1080 g/mol. The number of amides is 2. The summed E-state index contributed by atoms with van der Waals surface area (Å²) in [5, 5.41) is 1.74. The largest absolute Gasteiger partial charge is 0.323 e. The van der Waals surface area contributed by atoms with Crippen molar-refractivity contribution in [3.8, 4) is 22.3 Å². The lowest BCUT2D eigenvalue weighted by molar-refractivity contribution is -0.120. The van der Waals surface area contributed by atoms with Crippen molar-refractivity contribution in [1.82, 2.24) is 19.9 Å². The molecule has 12 rings (SSSR count). The lowest BCUT2D eigenvalue weighted by Crippen LogP contribution is -2.36. The number of benzodiazepines with no additional fused rings is 2. The summed E-state index contributed by atoms with van der Waals surface area (Å²) in [6.07, 6.45) is 0.822. The molecular weight excluding hydrogens is 1030 g/mol. The normalized spacial score (nSPS) is 15.0. The highest BCUT2D eigenvalue weighted by Crippen LogP contribution is 2.36. The molecule has 4 N–H and O–H groups in total. The van der Waals surface area contributed by atoms with Crippen LogP contribution in [0.1, 0.15) is 48.2 Å². The molecule has 0 saturated heterocycles. The number of carbonyl (C=O) groups excluding carboxylic acids is 2. The van der Waals surface area contributed by atoms with Crippen molar-refractivity contribution in [3.05, 3.63) is 245 Å².